The zero-order valence-corrected chi connectivity index (χ0v) is 30.5. The Hall–Kier alpha value is -4.38. The fourth-order valence-electron chi connectivity index (χ4n) is 7.43. The van der Waals surface area contributed by atoms with Crippen LogP contribution in [0.2, 0.25) is 0 Å². The average Bonchev–Trinajstić information content (AvgIpc) is 3.66. The number of halogens is 1. The molecule has 0 spiro atoms. The summed E-state index contributed by atoms with van der Waals surface area (Å²) in [7, 11) is -1.67. The molecule has 9 nitrogen and oxygen atoms in total. The number of nitrogens with one attached hydrogen (secondary N) is 1. The van der Waals surface area contributed by atoms with Gasteiger partial charge in [-0.15, -0.1) is 0 Å². The number of carbonyl (C=O) groups is 1. The molecule has 4 bridgehead atoms. The number of sulfone groups is 1. The fourth-order valence-corrected chi connectivity index (χ4v) is 9.42. The molecule has 0 saturated heterocycles. The number of rotatable bonds is 4. The van der Waals surface area contributed by atoms with E-state index < -0.39 is 32.1 Å². The second-order valence-electron chi connectivity index (χ2n) is 15.6. The van der Waals surface area contributed by atoms with E-state index in [1.165, 1.54) is 6.07 Å². The summed E-state index contributed by atoms with van der Waals surface area (Å²) in [4.78, 5) is 24.8. The van der Waals surface area contributed by atoms with E-state index in [9.17, 15) is 18.3 Å². The summed E-state index contributed by atoms with van der Waals surface area (Å²) in [6.45, 7) is 9.51. The van der Waals surface area contributed by atoms with Crippen LogP contribution in [0, 0.1) is 16.6 Å². The highest BCUT2D eigenvalue weighted by Gasteiger charge is 2.36. The van der Waals surface area contributed by atoms with Crippen LogP contribution in [0.5, 0.6) is 0 Å². The van der Waals surface area contributed by atoms with Gasteiger partial charge in [0, 0.05) is 36.8 Å². The highest BCUT2D eigenvalue weighted by molar-refractivity contribution is 7.91. The van der Waals surface area contributed by atoms with E-state index in [1.807, 2.05) is 57.3 Å². The van der Waals surface area contributed by atoms with Gasteiger partial charge in [-0.05, 0) is 104 Å². The molecule has 5 aromatic rings. The summed E-state index contributed by atoms with van der Waals surface area (Å²) in [5.41, 5.74) is 2.94. The number of hydrogen-bond donors (Lipinski definition) is 2. The Kier molecular flexibility index (Phi) is 9.26. The molecule has 0 amide bonds. The second kappa shape index (κ2) is 13.1. The van der Waals surface area contributed by atoms with Gasteiger partial charge in [0.2, 0.25) is 0 Å². The largest absolute Gasteiger partial charge is 0.481 e. The molecule has 0 saturated carbocycles. The van der Waals surface area contributed by atoms with E-state index in [2.05, 4.69) is 23.0 Å². The third-order valence-electron chi connectivity index (χ3n) is 10.3. The van der Waals surface area contributed by atoms with Crippen LogP contribution in [0.3, 0.4) is 0 Å². The number of aliphatic carboxylic acids is 1. The SMILES string of the molecule is Cn1nc2nc1-c1cc(ccn1)Cc1c(F)cc3[nH]ccc3c1CCS(=O)(=O)CC(C)(C)CCC[C@]2(C)c1cccc(CC(C)(C)C(=O)O)c1. The molecule has 6 rings (SSSR count). The van der Waals surface area contributed by atoms with E-state index >= 15 is 4.39 Å². The van der Waals surface area contributed by atoms with Crippen molar-refractivity contribution < 1.29 is 22.7 Å². The van der Waals surface area contributed by atoms with E-state index in [0.29, 0.717) is 59.7 Å². The van der Waals surface area contributed by atoms with Crippen molar-refractivity contribution in [2.45, 2.75) is 78.6 Å². The normalized spacial score (nSPS) is 19.7. The summed E-state index contributed by atoms with van der Waals surface area (Å²) in [6.07, 6.45) is 6.23. The van der Waals surface area contributed by atoms with Crippen molar-refractivity contribution in [3.8, 4) is 11.5 Å². The van der Waals surface area contributed by atoms with Crippen molar-refractivity contribution in [1.82, 2.24) is 24.7 Å². The number of nitrogens with zero attached hydrogens (tertiary/aromatic N) is 4. The Labute approximate surface area is 293 Å². The van der Waals surface area contributed by atoms with Gasteiger partial charge in [0.15, 0.2) is 21.5 Å². The lowest BCUT2D eigenvalue weighted by Gasteiger charge is -2.31. The zero-order chi connectivity index (χ0) is 36.1. The molecule has 50 heavy (non-hydrogen) atoms. The smallest absolute Gasteiger partial charge is 0.309 e. The van der Waals surface area contributed by atoms with Gasteiger partial charge in [-0.25, -0.2) is 22.5 Å². The van der Waals surface area contributed by atoms with Crippen molar-refractivity contribution in [2.75, 3.05) is 11.5 Å². The maximum atomic E-state index is 15.8. The van der Waals surface area contributed by atoms with Crippen LogP contribution in [0.1, 0.15) is 87.5 Å². The van der Waals surface area contributed by atoms with Gasteiger partial charge in [-0.1, -0.05) is 44.5 Å². The van der Waals surface area contributed by atoms with Crippen LogP contribution in [-0.4, -0.2) is 55.7 Å². The number of carboxylic acids is 1. The lowest BCUT2D eigenvalue weighted by molar-refractivity contribution is -0.146. The predicted molar refractivity (Wildman–Crippen MR) is 193 cm³/mol. The van der Waals surface area contributed by atoms with Crippen LogP contribution in [-0.2, 0) is 46.4 Å². The van der Waals surface area contributed by atoms with Crippen LogP contribution >= 0.6 is 0 Å². The lowest BCUT2D eigenvalue weighted by atomic mass is 9.74. The molecular formula is C39H46FN5O4S. The quantitative estimate of drug-likeness (QED) is 0.203. The van der Waals surface area contributed by atoms with Crippen LogP contribution in [0.25, 0.3) is 22.4 Å². The molecule has 4 heterocycles. The predicted octanol–water partition coefficient (Wildman–Crippen LogP) is 7.22. The number of aromatic nitrogens is 5. The zero-order valence-electron chi connectivity index (χ0n) is 29.7. The van der Waals surface area contributed by atoms with Crippen molar-refractivity contribution >= 4 is 26.7 Å². The van der Waals surface area contributed by atoms with Crippen LogP contribution in [0.15, 0.2) is 60.9 Å². The van der Waals surface area contributed by atoms with Gasteiger partial charge in [-0.3, -0.25) is 9.78 Å². The van der Waals surface area contributed by atoms with E-state index in [-0.39, 0.29) is 30.2 Å². The fraction of sp³-hybridized carbons (Fsp3) is 0.436. The van der Waals surface area contributed by atoms with Crippen molar-refractivity contribution in [1.29, 1.82) is 0 Å². The number of aryl methyl sites for hydroxylation is 2. The van der Waals surface area contributed by atoms with Gasteiger partial charge in [0.25, 0.3) is 0 Å². The summed E-state index contributed by atoms with van der Waals surface area (Å²) < 4.78 is 44.9. The summed E-state index contributed by atoms with van der Waals surface area (Å²) in [5.74, 6) is -0.148. The van der Waals surface area contributed by atoms with E-state index in [4.69, 9.17) is 10.1 Å². The Morgan fingerprint density at radius 2 is 1.86 bits per heavy atom. The molecule has 1 atom stereocenters. The van der Waals surface area contributed by atoms with Gasteiger partial charge in [0.05, 0.1) is 22.3 Å². The molecule has 0 radical (unpaired) electrons. The third kappa shape index (κ3) is 7.24. The molecule has 1 aliphatic heterocycles. The molecule has 3 aromatic heterocycles. The Bertz CT molecular complexity index is 2190. The Morgan fingerprint density at radius 3 is 2.62 bits per heavy atom. The maximum Gasteiger partial charge on any atom is 0.309 e. The molecular weight excluding hydrogens is 654 g/mol. The molecule has 0 aliphatic carbocycles. The minimum atomic E-state index is -3.50. The van der Waals surface area contributed by atoms with E-state index in [1.54, 1.807) is 30.9 Å². The molecule has 0 fully saturated rings. The van der Waals surface area contributed by atoms with E-state index in [0.717, 1.165) is 22.1 Å². The van der Waals surface area contributed by atoms with Gasteiger partial charge in [-0.2, -0.15) is 5.10 Å². The Balaban J connectivity index is 1.48. The van der Waals surface area contributed by atoms with Crippen LogP contribution < -0.4 is 0 Å². The topological polar surface area (TPSA) is 131 Å². The van der Waals surface area contributed by atoms with Crippen molar-refractivity contribution in [3.63, 3.8) is 0 Å². The molecule has 0 unspecified atom stereocenters. The van der Waals surface area contributed by atoms with Crippen LogP contribution in [0.4, 0.5) is 4.39 Å². The van der Waals surface area contributed by atoms with Gasteiger partial charge >= 0.3 is 5.97 Å². The first-order chi connectivity index (χ1) is 23.5. The third-order valence-corrected chi connectivity index (χ3v) is 12.4. The standard InChI is InChI=1S/C39H46FN5O4S/c1-37(2)14-8-15-39(5,27-10-7-9-26(19-27)23-38(3,4)36(46)47)35-43-34(45(6)44-35)33-21-25(11-16-42-33)20-30-28(13-18-50(48,49)24-37)29-12-17-41-32(29)22-31(30)40/h7,9-12,16-17,19,21-22,41H,8,13-15,18,20,23-24H2,1-6H3,(H,46,47)/t39-/m1/s1. The van der Waals surface area contributed by atoms with Crippen molar-refractivity contribution in [2.24, 2.45) is 17.9 Å². The number of pyridine rings is 1. The Morgan fingerprint density at radius 1 is 1.08 bits per heavy atom. The first kappa shape index (κ1) is 35.4. The lowest BCUT2D eigenvalue weighted by Crippen LogP contribution is -2.30. The molecule has 11 heteroatoms. The molecule has 1 aliphatic rings. The average molecular weight is 700 g/mol. The highest BCUT2D eigenvalue weighted by atomic mass is 32.2. The van der Waals surface area contributed by atoms with Gasteiger partial charge in [0.1, 0.15) is 11.5 Å². The number of aromatic amines is 1. The molecule has 2 N–H and O–H groups in total. The number of carboxylic acid groups (broad SMARTS) is 1. The minimum Gasteiger partial charge on any atom is -0.481 e. The van der Waals surface area contributed by atoms with Crippen molar-refractivity contribution in [3.05, 3.63) is 100 Å². The number of benzene rings is 2. The summed E-state index contributed by atoms with van der Waals surface area (Å²) >= 11 is 0. The molecule has 264 valence electrons. The number of fused-ring (bicyclic) bond motifs is 8. The molecule has 2 aromatic carbocycles. The second-order valence-corrected chi connectivity index (χ2v) is 17.8. The first-order valence-electron chi connectivity index (χ1n) is 17.1. The highest BCUT2D eigenvalue weighted by Crippen LogP contribution is 2.39. The van der Waals surface area contributed by atoms with Gasteiger partial charge < -0.3 is 10.1 Å². The monoisotopic (exact) mass is 699 g/mol. The minimum absolute atomic E-state index is 0.0110. The maximum absolute atomic E-state index is 15.8. The summed E-state index contributed by atoms with van der Waals surface area (Å²) in [6, 6.07) is 15.1. The summed E-state index contributed by atoms with van der Waals surface area (Å²) in [5, 5.41) is 15.6. The first-order valence-corrected chi connectivity index (χ1v) is 19.0. The number of H-pyrrole nitrogens is 1. The number of hydrogen-bond acceptors (Lipinski definition) is 6.